The number of aryl methyl sites for hydroxylation is 2. The number of carbonyl (C=O) groups excluding carboxylic acids is 2. The Morgan fingerprint density at radius 1 is 1.12 bits per heavy atom. The Morgan fingerprint density at radius 3 is 2.30 bits per heavy atom. The largest absolute Gasteiger partial charge is 0.460 e. The highest BCUT2D eigenvalue weighted by Gasteiger charge is 2.24. The number of hydrogen-bond acceptors (Lipinski definition) is 5. The molecule has 0 aliphatic carbocycles. The summed E-state index contributed by atoms with van der Waals surface area (Å²) in [7, 11) is 1.84. The molecule has 0 aliphatic rings. The molecule has 1 heterocycles. The van der Waals surface area contributed by atoms with Gasteiger partial charge in [0.1, 0.15) is 11.3 Å². The number of esters is 1. The number of aliphatic hydroxyl groups is 1. The van der Waals surface area contributed by atoms with Crippen LogP contribution in [0.25, 0.3) is 10.9 Å². The summed E-state index contributed by atoms with van der Waals surface area (Å²) in [6.07, 6.45) is 0. The van der Waals surface area contributed by atoms with E-state index in [9.17, 15) is 14.7 Å². The van der Waals surface area contributed by atoms with Gasteiger partial charge in [0.15, 0.2) is 0 Å². The lowest BCUT2D eigenvalue weighted by atomic mass is 9.97. The van der Waals surface area contributed by atoms with Crippen molar-refractivity contribution in [1.29, 1.82) is 0 Å². The molecule has 0 radical (unpaired) electrons. The van der Waals surface area contributed by atoms with E-state index in [4.69, 9.17) is 4.74 Å². The van der Waals surface area contributed by atoms with Crippen LogP contribution < -0.4 is 5.32 Å². The number of carbonyl (C=O) groups is 2. The summed E-state index contributed by atoms with van der Waals surface area (Å²) in [5.41, 5.74) is 3.47. The Hall–Kier alpha value is -2.77. The van der Waals surface area contributed by atoms with Gasteiger partial charge in [-0.2, -0.15) is 0 Å². The SMILES string of the molecule is Cc1cc(S)cc2c1cc(C(=O)NC(CO)c1ccc(C(C)C(=O)OC(C)(C)C)cc1)n2C. The van der Waals surface area contributed by atoms with Gasteiger partial charge in [0.2, 0.25) is 0 Å². The van der Waals surface area contributed by atoms with Crippen LogP contribution in [0, 0.1) is 6.92 Å². The van der Waals surface area contributed by atoms with Gasteiger partial charge in [-0.1, -0.05) is 24.3 Å². The molecule has 33 heavy (non-hydrogen) atoms. The zero-order valence-corrected chi connectivity index (χ0v) is 20.9. The lowest BCUT2D eigenvalue weighted by Gasteiger charge is -2.23. The highest BCUT2D eigenvalue weighted by Crippen LogP contribution is 2.27. The van der Waals surface area contributed by atoms with E-state index in [1.165, 1.54) is 0 Å². The maximum atomic E-state index is 13.0. The first-order valence-corrected chi connectivity index (χ1v) is 11.4. The molecule has 2 N–H and O–H groups in total. The lowest BCUT2D eigenvalue weighted by Crippen LogP contribution is -2.32. The van der Waals surface area contributed by atoms with Crippen LogP contribution in [0.5, 0.6) is 0 Å². The normalized spacial score (nSPS) is 13.6. The summed E-state index contributed by atoms with van der Waals surface area (Å²) in [5, 5.41) is 13.9. The second-order valence-electron chi connectivity index (χ2n) is 9.41. The molecule has 2 unspecified atom stereocenters. The summed E-state index contributed by atoms with van der Waals surface area (Å²) in [4.78, 5) is 26.2. The fourth-order valence-electron chi connectivity index (χ4n) is 3.82. The van der Waals surface area contributed by atoms with E-state index < -0.39 is 17.6 Å². The quantitative estimate of drug-likeness (QED) is 0.362. The van der Waals surface area contributed by atoms with Crippen molar-refractivity contribution in [2.45, 2.75) is 57.1 Å². The van der Waals surface area contributed by atoms with Crippen LogP contribution in [0.3, 0.4) is 0 Å². The minimum absolute atomic E-state index is 0.254. The van der Waals surface area contributed by atoms with E-state index in [2.05, 4.69) is 17.9 Å². The third-order valence-electron chi connectivity index (χ3n) is 5.67. The van der Waals surface area contributed by atoms with Crippen LogP contribution in [-0.2, 0) is 16.6 Å². The average molecular weight is 469 g/mol. The van der Waals surface area contributed by atoms with Gasteiger partial charge in [-0.15, -0.1) is 12.6 Å². The molecule has 176 valence electrons. The molecule has 6 nitrogen and oxygen atoms in total. The van der Waals surface area contributed by atoms with Crippen molar-refractivity contribution in [1.82, 2.24) is 9.88 Å². The van der Waals surface area contributed by atoms with Crippen molar-refractivity contribution in [3.05, 3.63) is 64.8 Å². The number of amides is 1. The molecule has 2 atom stereocenters. The second-order valence-corrected chi connectivity index (χ2v) is 9.93. The van der Waals surface area contributed by atoms with E-state index >= 15 is 0 Å². The van der Waals surface area contributed by atoms with Gasteiger partial charge in [-0.25, -0.2) is 0 Å². The first-order valence-electron chi connectivity index (χ1n) is 10.9. The Kier molecular flexibility index (Phi) is 7.24. The summed E-state index contributed by atoms with van der Waals surface area (Å²) < 4.78 is 7.29. The molecule has 0 saturated carbocycles. The van der Waals surface area contributed by atoms with E-state index in [0.717, 1.165) is 32.5 Å². The van der Waals surface area contributed by atoms with E-state index in [1.54, 1.807) is 6.92 Å². The number of aliphatic hydroxyl groups excluding tert-OH is 1. The molecule has 0 fully saturated rings. The highest BCUT2D eigenvalue weighted by atomic mass is 32.1. The summed E-state index contributed by atoms with van der Waals surface area (Å²) in [5.74, 6) is -0.993. The predicted molar refractivity (Wildman–Crippen MR) is 133 cm³/mol. The van der Waals surface area contributed by atoms with Gasteiger partial charge in [0.25, 0.3) is 5.91 Å². The van der Waals surface area contributed by atoms with Gasteiger partial charge < -0.3 is 19.7 Å². The van der Waals surface area contributed by atoms with Crippen LogP contribution in [0.2, 0.25) is 0 Å². The van der Waals surface area contributed by atoms with Gasteiger partial charge >= 0.3 is 5.97 Å². The highest BCUT2D eigenvalue weighted by molar-refractivity contribution is 7.80. The molecule has 3 aromatic rings. The van der Waals surface area contributed by atoms with Crippen LogP contribution in [0.15, 0.2) is 47.4 Å². The summed E-state index contributed by atoms with van der Waals surface area (Å²) in [6.45, 7) is 9.04. The maximum Gasteiger partial charge on any atom is 0.313 e. The van der Waals surface area contributed by atoms with Crippen molar-refractivity contribution < 1.29 is 19.4 Å². The Bertz CT molecular complexity index is 1180. The minimum atomic E-state index is -0.581. The monoisotopic (exact) mass is 468 g/mol. The maximum absolute atomic E-state index is 13.0. The van der Waals surface area contributed by atoms with Crippen LogP contribution in [0.1, 0.15) is 66.8 Å². The molecule has 2 aromatic carbocycles. The van der Waals surface area contributed by atoms with Crippen molar-refractivity contribution in [2.75, 3.05) is 6.61 Å². The fourth-order valence-corrected chi connectivity index (χ4v) is 4.13. The number of hydrogen-bond donors (Lipinski definition) is 3. The number of nitrogens with zero attached hydrogens (tertiary/aromatic N) is 1. The van der Waals surface area contributed by atoms with E-state index in [0.29, 0.717) is 5.69 Å². The number of benzene rings is 2. The summed E-state index contributed by atoms with van der Waals surface area (Å²) in [6, 6.07) is 12.4. The average Bonchev–Trinajstić information content (AvgIpc) is 3.07. The van der Waals surface area contributed by atoms with E-state index in [-0.39, 0.29) is 18.5 Å². The number of aromatic nitrogens is 1. The number of nitrogens with one attached hydrogen (secondary N) is 1. The van der Waals surface area contributed by atoms with Crippen LogP contribution in [-0.4, -0.2) is 33.8 Å². The van der Waals surface area contributed by atoms with Gasteiger partial charge in [0.05, 0.1) is 18.6 Å². The van der Waals surface area contributed by atoms with Crippen molar-refractivity contribution >= 4 is 35.4 Å². The Morgan fingerprint density at radius 2 is 1.73 bits per heavy atom. The molecule has 0 saturated heterocycles. The molecule has 3 rings (SSSR count). The molecule has 0 spiro atoms. The first kappa shape index (κ1) is 24.9. The standard InChI is InChI=1S/C26H32N2O4S/c1-15-11-19(33)12-22-20(15)13-23(28(22)6)24(30)27-21(14-29)18-9-7-17(8-10-18)16(2)25(31)32-26(3,4)5/h7-13,16,21,29,33H,14H2,1-6H3,(H,27,30). The van der Waals surface area contributed by atoms with Gasteiger partial charge in [-0.3, -0.25) is 9.59 Å². The lowest BCUT2D eigenvalue weighted by molar-refractivity contribution is -0.156. The molecule has 1 aromatic heterocycles. The predicted octanol–water partition coefficient (Wildman–Crippen LogP) is 4.68. The zero-order valence-electron chi connectivity index (χ0n) is 20.0. The minimum Gasteiger partial charge on any atom is -0.460 e. The smallest absolute Gasteiger partial charge is 0.313 e. The van der Waals surface area contributed by atoms with Crippen molar-refractivity contribution in [3.8, 4) is 0 Å². The molecule has 0 aliphatic heterocycles. The molecular weight excluding hydrogens is 436 g/mol. The van der Waals surface area contributed by atoms with Crippen molar-refractivity contribution in [3.63, 3.8) is 0 Å². The molecule has 7 heteroatoms. The van der Waals surface area contributed by atoms with Crippen LogP contribution in [0.4, 0.5) is 0 Å². The van der Waals surface area contributed by atoms with Crippen molar-refractivity contribution in [2.24, 2.45) is 7.05 Å². The Labute approximate surface area is 200 Å². The summed E-state index contributed by atoms with van der Waals surface area (Å²) >= 11 is 4.44. The Balaban J connectivity index is 1.78. The zero-order chi connectivity index (χ0) is 24.5. The number of thiol groups is 1. The molecular formula is C26H32N2O4S. The molecule has 1 amide bonds. The second kappa shape index (κ2) is 9.61. The third-order valence-corrected chi connectivity index (χ3v) is 5.93. The topological polar surface area (TPSA) is 80.6 Å². The number of rotatable bonds is 6. The van der Waals surface area contributed by atoms with Gasteiger partial charge in [0, 0.05) is 22.8 Å². The first-order chi connectivity index (χ1) is 15.4. The number of fused-ring (bicyclic) bond motifs is 1. The number of ether oxygens (including phenoxy) is 1. The third kappa shape index (κ3) is 5.60. The van der Waals surface area contributed by atoms with E-state index in [1.807, 2.05) is 81.8 Å². The van der Waals surface area contributed by atoms with Crippen LogP contribution >= 0.6 is 12.6 Å². The fraction of sp³-hybridized carbons (Fsp3) is 0.385. The molecule has 0 bridgehead atoms. The van der Waals surface area contributed by atoms with Gasteiger partial charge in [-0.05, 0) is 69.5 Å².